The lowest BCUT2D eigenvalue weighted by atomic mass is 9.90. The number of fused-ring (bicyclic) bond motifs is 1. The SMILES string of the molecule is Cc1cccc2ncc(C(CC(=O)NC3CCCCC3)c3cccc(C(F)(F)F)c3)n12. The molecule has 3 aromatic rings. The number of carbonyl (C=O) groups is 1. The summed E-state index contributed by atoms with van der Waals surface area (Å²) in [4.78, 5) is 17.4. The molecule has 1 saturated carbocycles. The van der Waals surface area contributed by atoms with Gasteiger partial charge in [0.1, 0.15) is 5.65 Å². The van der Waals surface area contributed by atoms with E-state index in [1.54, 1.807) is 12.3 Å². The normalized spacial score (nSPS) is 16.4. The predicted molar refractivity (Wildman–Crippen MR) is 113 cm³/mol. The zero-order valence-electron chi connectivity index (χ0n) is 17.5. The molecule has 1 fully saturated rings. The molecular weight excluding hydrogens is 403 g/mol. The summed E-state index contributed by atoms with van der Waals surface area (Å²) < 4.78 is 42.0. The third-order valence-electron chi connectivity index (χ3n) is 6.08. The number of nitrogens with one attached hydrogen (secondary N) is 1. The summed E-state index contributed by atoms with van der Waals surface area (Å²) in [6.45, 7) is 1.92. The first-order chi connectivity index (χ1) is 14.8. The van der Waals surface area contributed by atoms with Crippen LogP contribution in [0.25, 0.3) is 5.65 Å². The van der Waals surface area contributed by atoms with E-state index in [2.05, 4.69) is 10.3 Å². The zero-order valence-corrected chi connectivity index (χ0v) is 17.5. The third kappa shape index (κ3) is 4.75. The predicted octanol–water partition coefficient (Wildman–Crippen LogP) is 5.63. The van der Waals surface area contributed by atoms with E-state index in [1.165, 1.54) is 12.5 Å². The highest BCUT2D eigenvalue weighted by Crippen LogP contribution is 2.35. The Bertz CT molecular complexity index is 1070. The van der Waals surface area contributed by atoms with Crippen LogP contribution in [0.1, 0.15) is 67.0 Å². The van der Waals surface area contributed by atoms with Gasteiger partial charge in [0.05, 0.1) is 11.3 Å². The van der Waals surface area contributed by atoms with Gasteiger partial charge in [-0.2, -0.15) is 13.2 Å². The summed E-state index contributed by atoms with van der Waals surface area (Å²) in [6.07, 6.45) is 2.56. The van der Waals surface area contributed by atoms with E-state index in [-0.39, 0.29) is 18.4 Å². The summed E-state index contributed by atoms with van der Waals surface area (Å²) in [7, 11) is 0. The summed E-state index contributed by atoms with van der Waals surface area (Å²) in [5.41, 5.74) is 2.08. The van der Waals surface area contributed by atoms with E-state index in [0.29, 0.717) is 16.9 Å². The number of amides is 1. The maximum absolute atomic E-state index is 13.4. The molecule has 2 heterocycles. The Hall–Kier alpha value is -2.83. The Labute approximate surface area is 179 Å². The highest BCUT2D eigenvalue weighted by Gasteiger charge is 2.32. The fourth-order valence-corrected chi connectivity index (χ4v) is 4.52. The van der Waals surface area contributed by atoms with Gasteiger partial charge in [0.15, 0.2) is 0 Å². The highest BCUT2D eigenvalue weighted by atomic mass is 19.4. The fourth-order valence-electron chi connectivity index (χ4n) is 4.52. The first kappa shape index (κ1) is 21.4. The number of benzene rings is 1. The molecule has 1 unspecified atom stereocenters. The van der Waals surface area contributed by atoms with Crippen molar-refractivity contribution < 1.29 is 18.0 Å². The molecule has 1 amide bonds. The van der Waals surface area contributed by atoms with Gasteiger partial charge in [0, 0.05) is 30.3 Å². The van der Waals surface area contributed by atoms with Gasteiger partial charge in [-0.1, -0.05) is 43.5 Å². The van der Waals surface area contributed by atoms with Crippen LogP contribution in [-0.4, -0.2) is 21.3 Å². The third-order valence-corrected chi connectivity index (χ3v) is 6.08. The zero-order chi connectivity index (χ0) is 22.0. The van der Waals surface area contributed by atoms with Crippen LogP contribution in [0.4, 0.5) is 13.2 Å². The second-order valence-electron chi connectivity index (χ2n) is 8.33. The van der Waals surface area contributed by atoms with Crippen molar-refractivity contribution in [1.82, 2.24) is 14.7 Å². The number of pyridine rings is 1. The maximum Gasteiger partial charge on any atom is 0.416 e. The van der Waals surface area contributed by atoms with Crippen molar-refractivity contribution in [2.24, 2.45) is 0 Å². The molecule has 164 valence electrons. The lowest BCUT2D eigenvalue weighted by Gasteiger charge is -2.25. The van der Waals surface area contributed by atoms with Crippen LogP contribution in [-0.2, 0) is 11.0 Å². The van der Waals surface area contributed by atoms with Gasteiger partial charge < -0.3 is 9.72 Å². The van der Waals surface area contributed by atoms with Gasteiger partial charge >= 0.3 is 6.18 Å². The van der Waals surface area contributed by atoms with E-state index < -0.39 is 17.7 Å². The van der Waals surface area contributed by atoms with Gasteiger partial charge in [0.25, 0.3) is 0 Å². The minimum Gasteiger partial charge on any atom is -0.353 e. The molecular formula is C24H26F3N3O. The monoisotopic (exact) mass is 429 g/mol. The van der Waals surface area contributed by atoms with Gasteiger partial charge in [-0.25, -0.2) is 4.98 Å². The van der Waals surface area contributed by atoms with Crippen molar-refractivity contribution in [2.45, 2.75) is 63.6 Å². The second-order valence-corrected chi connectivity index (χ2v) is 8.33. The molecule has 4 rings (SSSR count). The number of hydrogen-bond acceptors (Lipinski definition) is 2. The minimum absolute atomic E-state index is 0.0694. The Balaban J connectivity index is 1.71. The smallest absolute Gasteiger partial charge is 0.353 e. The lowest BCUT2D eigenvalue weighted by molar-refractivity contribution is -0.137. The standard InChI is InChI=1S/C24H26F3N3O/c1-16-7-5-12-22-28-15-21(30(16)22)20(14-23(31)29-19-10-3-2-4-11-19)17-8-6-9-18(13-17)24(25,26)27/h5-9,12-13,15,19-20H,2-4,10-11,14H2,1H3,(H,29,31). The van der Waals surface area contributed by atoms with Crippen LogP contribution < -0.4 is 5.32 Å². The van der Waals surface area contributed by atoms with Gasteiger partial charge in [-0.15, -0.1) is 0 Å². The van der Waals surface area contributed by atoms with E-state index in [4.69, 9.17) is 0 Å². The average Bonchev–Trinajstić information content (AvgIpc) is 3.17. The average molecular weight is 429 g/mol. The van der Waals surface area contributed by atoms with Crippen molar-refractivity contribution >= 4 is 11.6 Å². The second kappa shape index (κ2) is 8.73. The van der Waals surface area contributed by atoms with E-state index in [9.17, 15) is 18.0 Å². The molecule has 0 radical (unpaired) electrons. The van der Waals surface area contributed by atoms with E-state index in [0.717, 1.165) is 43.5 Å². The first-order valence-electron chi connectivity index (χ1n) is 10.7. The topological polar surface area (TPSA) is 46.4 Å². The van der Waals surface area contributed by atoms with Crippen molar-refractivity contribution in [3.05, 3.63) is 71.2 Å². The van der Waals surface area contributed by atoms with Crippen LogP contribution in [0.5, 0.6) is 0 Å². The summed E-state index contributed by atoms with van der Waals surface area (Å²) in [5.74, 6) is -0.681. The number of imidazole rings is 1. The van der Waals surface area contributed by atoms with Crippen LogP contribution >= 0.6 is 0 Å². The number of alkyl halides is 3. The first-order valence-corrected chi connectivity index (χ1v) is 10.7. The molecule has 2 aromatic heterocycles. The van der Waals surface area contributed by atoms with Gasteiger partial charge in [-0.3, -0.25) is 4.79 Å². The Kier molecular flexibility index (Phi) is 6.03. The molecule has 0 bridgehead atoms. The molecule has 1 aromatic carbocycles. The highest BCUT2D eigenvalue weighted by molar-refractivity contribution is 5.78. The molecule has 1 aliphatic carbocycles. The Morgan fingerprint density at radius 1 is 1.16 bits per heavy atom. The molecule has 0 saturated heterocycles. The number of halogens is 3. The summed E-state index contributed by atoms with van der Waals surface area (Å²) in [5, 5.41) is 3.10. The maximum atomic E-state index is 13.4. The van der Waals surface area contributed by atoms with E-state index >= 15 is 0 Å². The number of rotatable bonds is 5. The van der Waals surface area contributed by atoms with Gasteiger partial charge in [-0.05, 0) is 43.5 Å². The fraction of sp³-hybridized carbons (Fsp3) is 0.417. The Morgan fingerprint density at radius 2 is 1.90 bits per heavy atom. The van der Waals surface area contributed by atoms with Crippen LogP contribution in [0, 0.1) is 6.92 Å². The number of aromatic nitrogens is 2. The molecule has 31 heavy (non-hydrogen) atoms. The number of nitrogens with zero attached hydrogens (tertiary/aromatic N) is 2. The quantitative estimate of drug-likeness (QED) is 0.571. The molecule has 4 nitrogen and oxygen atoms in total. The molecule has 7 heteroatoms. The molecule has 1 N–H and O–H groups in total. The van der Waals surface area contributed by atoms with Gasteiger partial charge in [0.2, 0.25) is 5.91 Å². The number of aryl methyl sites for hydroxylation is 1. The number of hydrogen-bond donors (Lipinski definition) is 1. The van der Waals surface area contributed by atoms with E-state index in [1.807, 2.05) is 29.5 Å². The minimum atomic E-state index is -4.44. The van der Waals surface area contributed by atoms with Crippen molar-refractivity contribution in [2.75, 3.05) is 0 Å². The molecule has 1 aliphatic rings. The summed E-state index contributed by atoms with van der Waals surface area (Å²) in [6, 6.07) is 11.1. The largest absolute Gasteiger partial charge is 0.416 e. The van der Waals surface area contributed by atoms with Crippen molar-refractivity contribution in [3.63, 3.8) is 0 Å². The Morgan fingerprint density at radius 3 is 2.65 bits per heavy atom. The molecule has 1 atom stereocenters. The lowest BCUT2D eigenvalue weighted by Crippen LogP contribution is -2.37. The molecule has 0 aliphatic heterocycles. The van der Waals surface area contributed by atoms with Crippen LogP contribution in [0.15, 0.2) is 48.7 Å². The van der Waals surface area contributed by atoms with Crippen molar-refractivity contribution in [1.29, 1.82) is 0 Å². The van der Waals surface area contributed by atoms with Crippen molar-refractivity contribution in [3.8, 4) is 0 Å². The number of carbonyl (C=O) groups excluding carboxylic acids is 1. The van der Waals surface area contributed by atoms with Crippen LogP contribution in [0.2, 0.25) is 0 Å². The van der Waals surface area contributed by atoms with Crippen LogP contribution in [0.3, 0.4) is 0 Å². The molecule has 0 spiro atoms. The summed E-state index contributed by atoms with van der Waals surface area (Å²) >= 11 is 0.